The summed E-state index contributed by atoms with van der Waals surface area (Å²) >= 11 is 0.738. The van der Waals surface area contributed by atoms with Crippen molar-refractivity contribution < 1.29 is 19.3 Å². The van der Waals surface area contributed by atoms with Gasteiger partial charge in [-0.25, -0.2) is 0 Å². The number of benzene rings is 1. The van der Waals surface area contributed by atoms with Gasteiger partial charge in [-0.1, -0.05) is 19.1 Å². The molecule has 0 saturated carbocycles. The third-order valence-corrected chi connectivity index (χ3v) is 5.59. The molecule has 1 aromatic carbocycles. The number of carbonyl (C=O) groups is 3. The monoisotopic (exact) mass is 389 g/mol. The van der Waals surface area contributed by atoms with Crippen molar-refractivity contribution in [2.75, 3.05) is 19.6 Å². The van der Waals surface area contributed by atoms with Crippen LogP contribution in [0, 0.1) is 16.0 Å². The number of piperidine rings is 1. The number of likely N-dealkylation sites (tertiary alicyclic amines) is 1. The Hall–Kier alpha value is -2.68. The summed E-state index contributed by atoms with van der Waals surface area (Å²) in [5.41, 5.74) is 0.350. The Kier molecular flexibility index (Phi) is 5.59. The SMILES string of the molecule is CC1CCN(C(=O)CN2C(=O)S/C(=C/c3cccc([N+](=O)[O-])c3)C2=O)CC1. The lowest BCUT2D eigenvalue weighted by Gasteiger charge is -2.31. The number of imide groups is 1. The minimum atomic E-state index is -0.546. The Morgan fingerprint density at radius 2 is 2.04 bits per heavy atom. The lowest BCUT2D eigenvalue weighted by atomic mass is 9.99. The molecule has 27 heavy (non-hydrogen) atoms. The van der Waals surface area contributed by atoms with Crippen LogP contribution in [-0.2, 0) is 9.59 Å². The Bertz CT molecular complexity index is 830. The van der Waals surface area contributed by atoms with E-state index in [9.17, 15) is 24.5 Å². The van der Waals surface area contributed by atoms with Crippen LogP contribution in [0.4, 0.5) is 10.5 Å². The molecule has 8 nitrogen and oxygen atoms in total. The molecule has 0 bridgehead atoms. The highest BCUT2D eigenvalue weighted by molar-refractivity contribution is 8.18. The minimum Gasteiger partial charge on any atom is -0.341 e. The van der Waals surface area contributed by atoms with Gasteiger partial charge in [0.15, 0.2) is 0 Å². The smallest absolute Gasteiger partial charge is 0.294 e. The fourth-order valence-electron chi connectivity index (χ4n) is 3.01. The van der Waals surface area contributed by atoms with Crippen LogP contribution in [0.5, 0.6) is 0 Å². The maximum Gasteiger partial charge on any atom is 0.294 e. The number of amides is 3. The zero-order valence-corrected chi connectivity index (χ0v) is 15.6. The Morgan fingerprint density at radius 3 is 2.70 bits per heavy atom. The first-order valence-corrected chi connectivity index (χ1v) is 9.44. The average Bonchev–Trinajstić information content (AvgIpc) is 2.90. The van der Waals surface area contributed by atoms with Crippen molar-refractivity contribution in [2.24, 2.45) is 5.92 Å². The maximum atomic E-state index is 12.5. The van der Waals surface area contributed by atoms with Gasteiger partial charge in [-0.3, -0.25) is 29.4 Å². The van der Waals surface area contributed by atoms with E-state index in [1.165, 1.54) is 24.3 Å². The second-order valence-corrected chi connectivity index (χ2v) is 7.68. The van der Waals surface area contributed by atoms with E-state index in [0.717, 1.165) is 29.5 Å². The fraction of sp³-hybridized carbons (Fsp3) is 0.389. The molecule has 0 unspecified atom stereocenters. The molecule has 2 saturated heterocycles. The quantitative estimate of drug-likeness (QED) is 0.446. The second kappa shape index (κ2) is 7.91. The molecule has 0 aliphatic carbocycles. The standard InChI is InChI=1S/C18H19N3O5S/c1-12-5-7-19(8-6-12)16(22)11-20-17(23)15(27-18(20)24)10-13-3-2-4-14(9-13)21(25)26/h2-4,9-10,12H,5-8,11H2,1H3/b15-10+. The minimum absolute atomic E-state index is 0.0996. The molecule has 0 spiro atoms. The predicted octanol–water partition coefficient (Wildman–Crippen LogP) is 2.89. The number of rotatable bonds is 4. The first-order chi connectivity index (χ1) is 12.8. The Labute approximate surface area is 160 Å². The molecule has 2 aliphatic heterocycles. The van der Waals surface area contributed by atoms with Crippen LogP contribution < -0.4 is 0 Å². The molecule has 2 heterocycles. The molecule has 1 aromatic rings. The number of hydrogen-bond acceptors (Lipinski definition) is 6. The van der Waals surface area contributed by atoms with Gasteiger partial charge in [-0.15, -0.1) is 0 Å². The third kappa shape index (κ3) is 4.36. The molecule has 0 radical (unpaired) electrons. The highest BCUT2D eigenvalue weighted by Crippen LogP contribution is 2.32. The van der Waals surface area contributed by atoms with Crippen molar-refractivity contribution in [2.45, 2.75) is 19.8 Å². The van der Waals surface area contributed by atoms with Crippen molar-refractivity contribution in [1.29, 1.82) is 0 Å². The van der Waals surface area contributed by atoms with Crippen molar-refractivity contribution in [3.8, 4) is 0 Å². The summed E-state index contributed by atoms with van der Waals surface area (Å²) < 4.78 is 0. The van der Waals surface area contributed by atoms with E-state index in [2.05, 4.69) is 6.92 Å². The molecular formula is C18H19N3O5S. The van der Waals surface area contributed by atoms with Gasteiger partial charge in [0, 0.05) is 25.2 Å². The van der Waals surface area contributed by atoms with Crippen molar-refractivity contribution in [3.63, 3.8) is 0 Å². The van der Waals surface area contributed by atoms with Crippen LogP contribution in [0.1, 0.15) is 25.3 Å². The molecule has 0 N–H and O–H groups in total. The highest BCUT2D eigenvalue weighted by Gasteiger charge is 2.37. The van der Waals surface area contributed by atoms with E-state index in [1.54, 1.807) is 11.0 Å². The number of nitro groups is 1. The number of non-ortho nitro benzene ring substituents is 1. The first kappa shape index (κ1) is 19.1. The van der Waals surface area contributed by atoms with Crippen LogP contribution >= 0.6 is 11.8 Å². The molecule has 3 amide bonds. The van der Waals surface area contributed by atoms with Gasteiger partial charge in [-0.05, 0) is 42.2 Å². The molecule has 9 heteroatoms. The molecule has 0 atom stereocenters. The van der Waals surface area contributed by atoms with Gasteiger partial charge >= 0.3 is 0 Å². The summed E-state index contributed by atoms with van der Waals surface area (Å²) in [4.78, 5) is 50.2. The number of thioether (sulfide) groups is 1. The molecule has 2 fully saturated rings. The number of carbonyl (C=O) groups excluding carboxylic acids is 3. The summed E-state index contributed by atoms with van der Waals surface area (Å²) in [6, 6.07) is 5.80. The van der Waals surface area contributed by atoms with E-state index in [1.807, 2.05) is 0 Å². The Morgan fingerprint density at radius 1 is 1.33 bits per heavy atom. The van der Waals surface area contributed by atoms with Crippen LogP contribution in [0.25, 0.3) is 6.08 Å². The number of nitrogens with zero attached hydrogens (tertiary/aromatic N) is 3. The summed E-state index contributed by atoms with van der Waals surface area (Å²) in [5.74, 6) is -0.208. The summed E-state index contributed by atoms with van der Waals surface area (Å²) in [7, 11) is 0. The van der Waals surface area contributed by atoms with Gasteiger partial charge in [0.2, 0.25) is 5.91 Å². The van der Waals surface area contributed by atoms with Gasteiger partial charge in [0.25, 0.3) is 16.8 Å². The van der Waals surface area contributed by atoms with Crippen LogP contribution in [0.3, 0.4) is 0 Å². The molecule has 2 aliphatic rings. The molecular weight excluding hydrogens is 370 g/mol. The lowest BCUT2D eigenvalue weighted by Crippen LogP contribution is -2.45. The fourth-order valence-corrected chi connectivity index (χ4v) is 3.85. The van der Waals surface area contributed by atoms with Gasteiger partial charge < -0.3 is 4.90 Å². The van der Waals surface area contributed by atoms with Crippen molar-refractivity contribution in [3.05, 3.63) is 44.8 Å². The average molecular weight is 389 g/mol. The van der Waals surface area contributed by atoms with Crippen LogP contribution in [0.15, 0.2) is 29.2 Å². The summed E-state index contributed by atoms with van der Waals surface area (Å²) in [5, 5.41) is 10.4. The predicted molar refractivity (Wildman–Crippen MR) is 101 cm³/mol. The highest BCUT2D eigenvalue weighted by atomic mass is 32.2. The normalized spacial score (nSPS) is 19.8. The number of nitro benzene ring substituents is 1. The molecule has 3 rings (SSSR count). The van der Waals surface area contributed by atoms with E-state index >= 15 is 0 Å². The first-order valence-electron chi connectivity index (χ1n) is 8.62. The molecule has 0 aromatic heterocycles. The van der Waals surface area contributed by atoms with E-state index in [0.29, 0.717) is 24.6 Å². The molecule has 142 valence electrons. The third-order valence-electron chi connectivity index (χ3n) is 4.68. The maximum absolute atomic E-state index is 12.5. The van der Waals surface area contributed by atoms with Crippen LogP contribution in [0.2, 0.25) is 0 Å². The zero-order valence-electron chi connectivity index (χ0n) is 14.8. The van der Waals surface area contributed by atoms with Gasteiger partial charge in [0.1, 0.15) is 6.54 Å². The summed E-state index contributed by atoms with van der Waals surface area (Å²) in [6.07, 6.45) is 3.27. The Balaban J connectivity index is 1.70. The summed E-state index contributed by atoms with van der Waals surface area (Å²) in [6.45, 7) is 3.14. The number of hydrogen-bond donors (Lipinski definition) is 0. The van der Waals surface area contributed by atoms with E-state index < -0.39 is 16.1 Å². The van der Waals surface area contributed by atoms with Crippen LogP contribution in [-0.4, -0.2) is 51.4 Å². The van der Waals surface area contributed by atoms with E-state index in [-0.39, 0.29) is 23.0 Å². The second-order valence-electron chi connectivity index (χ2n) is 6.68. The van der Waals surface area contributed by atoms with Crippen molar-refractivity contribution in [1.82, 2.24) is 9.80 Å². The topological polar surface area (TPSA) is 101 Å². The lowest BCUT2D eigenvalue weighted by molar-refractivity contribution is -0.384. The van der Waals surface area contributed by atoms with Gasteiger partial charge in [0.05, 0.1) is 9.83 Å². The van der Waals surface area contributed by atoms with Gasteiger partial charge in [-0.2, -0.15) is 0 Å². The van der Waals surface area contributed by atoms with Crippen molar-refractivity contribution >= 4 is 40.6 Å². The zero-order chi connectivity index (χ0) is 19.6. The largest absolute Gasteiger partial charge is 0.341 e. The van der Waals surface area contributed by atoms with E-state index in [4.69, 9.17) is 0 Å².